The third-order valence-corrected chi connectivity index (χ3v) is 4.07. The molecule has 1 aliphatic heterocycles. The van der Waals surface area contributed by atoms with Crippen LogP contribution in [0.25, 0.3) is 0 Å². The molecule has 6 heteroatoms. The van der Waals surface area contributed by atoms with E-state index in [0.717, 1.165) is 36.0 Å². The SMILES string of the molecule is Cc1nsc(N[C@H]2CCCN(c3ccccc3)C2=O)n1. The summed E-state index contributed by atoms with van der Waals surface area (Å²) in [7, 11) is 0. The van der Waals surface area contributed by atoms with Gasteiger partial charge in [-0.05, 0) is 31.9 Å². The van der Waals surface area contributed by atoms with E-state index in [-0.39, 0.29) is 11.9 Å². The highest BCUT2D eigenvalue weighted by Crippen LogP contribution is 2.23. The normalized spacial score (nSPS) is 19.1. The highest BCUT2D eigenvalue weighted by atomic mass is 32.1. The summed E-state index contributed by atoms with van der Waals surface area (Å²) in [6, 6.07) is 9.58. The molecule has 1 amide bonds. The lowest BCUT2D eigenvalue weighted by atomic mass is 10.0. The molecule has 1 aromatic carbocycles. The molecule has 0 saturated carbocycles. The number of hydrogen-bond acceptors (Lipinski definition) is 5. The van der Waals surface area contributed by atoms with Crippen LogP contribution < -0.4 is 10.2 Å². The minimum atomic E-state index is -0.212. The zero-order valence-corrected chi connectivity index (χ0v) is 12.1. The highest BCUT2D eigenvalue weighted by Gasteiger charge is 2.30. The smallest absolute Gasteiger partial charge is 0.249 e. The van der Waals surface area contributed by atoms with Crippen molar-refractivity contribution in [1.29, 1.82) is 0 Å². The fourth-order valence-corrected chi connectivity index (χ4v) is 3.01. The fourth-order valence-electron chi connectivity index (χ4n) is 2.38. The Balaban J connectivity index is 1.75. The van der Waals surface area contributed by atoms with E-state index in [9.17, 15) is 4.79 Å². The number of anilines is 2. The number of amides is 1. The fraction of sp³-hybridized carbons (Fsp3) is 0.357. The molecule has 20 heavy (non-hydrogen) atoms. The first-order valence-corrected chi connectivity index (χ1v) is 7.44. The van der Waals surface area contributed by atoms with Crippen LogP contribution in [0.5, 0.6) is 0 Å². The summed E-state index contributed by atoms with van der Waals surface area (Å²) in [5.41, 5.74) is 0.956. The zero-order chi connectivity index (χ0) is 13.9. The van der Waals surface area contributed by atoms with Gasteiger partial charge in [0, 0.05) is 23.8 Å². The number of para-hydroxylation sites is 1. The van der Waals surface area contributed by atoms with Gasteiger partial charge in [0.2, 0.25) is 11.0 Å². The molecule has 0 radical (unpaired) electrons. The maximum Gasteiger partial charge on any atom is 0.249 e. The number of aryl methyl sites for hydroxylation is 1. The van der Waals surface area contributed by atoms with Crippen molar-refractivity contribution < 1.29 is 4.79 Å². The maximum absolute atomic E-state index is 12.6. The topological polar surface area (TPSA) is 58.1 Å². The van der Waals surface area contributed by atoms with Gasteiger partial charge in [0.05, 0.1) is 0 Å². The number of hydrogen-bond donors (Lipinski definition) is 1. The Kier molecular flexibility index (Phi) is 3.64. The summed E-state index contributed by atoms with van der Waals surface area (Å²) < 4.78 is 4.13. The maximum atomic E-state index is 12.6. The average Bonchev–Trinajstić information content (AvgIpc) is 2.87. The quantitative estimate of drug-likeness (QED) is 0.942. The standard InChI is InChI=1S/C14H16N4OS/c1-10-15-14(20-17-10)16-12-8-5-9-18(13(12)19)11-6-3-2-4-7-11/h2-4,6-7,12H,5,8-9H2,1H3,(H,15,16,17)/t12-/m0/s1. The van der Waals surface area contributed by atoms with Crippen LogP contribution in [0.3, 0.4) is 0 Å². The third-order valence-electron chi connectivity index (χ3n) is 3.33. The van der Waals surface area contributed by atoms with Crippen LogP contribution in [0.15, 0.2) is 30.3 Å². The molecule has 0 unspecified atom stereocenters. The average molecular weight is 288 g/mol. The van der Waals surface area contributed by atoms with Crippen LogP contribution in [-0.4, -0.2) is 27.9 Å². The van der Waals surface area contributed by atoms with Crippen molar-refractivity contribution >= 4 is 28.3 Å². The van der Waals surface area contributed by atoms with Gasteiger partial charge in [0.15, 0.2) is 0 Å². The molecular formula is C14H16N4OS. The number of nitrogens with one attached hydrogen (secondary N) is 1. The predicted octanol–water partition coefficient (Wildman–Crippen LogP) is 2.45. The Morgan fingerprint density at radius 1 is 1.35 bits per heavy atom. The summed E-state index contributed by atoms with van der Waals surface area (Å²) in [6.45, 7) is 2.62. The van der Waals surface area contributed by atoms with Gasteiger partial charge in [0.1, 0.15) is 11.9 Å². The van der Waals surface area contributed by atoms with E-state index in [2.05, 4.69) is 14.7 Å². The Hall–Kier alpha value is -1.95. The molecule has 1 N–H and O–H groups in total. The summed E-state index contributed by atoms with van der Waals surface area (Å²) in [5, 5.41) is 3.92. The number of piperidine rings is 1. The van der Waals surface area contributed by atoms with Gasteiger partial charge in [-0.2, -0.15) is 4.37 Å². The van der Waals surface area contributed by atoms with Gasteiger partial charge < -0.3 is 10.2 Å². The second-order valence-corrected chi connectivity index (χ2v) is 5.56. The molecule has 1 aromatic heterocycles. The minimum Gasteiger partial charge on any atom is -0.348 e. The number of rotatable bonds is 3. The minimum absolute atomic E-state index is 0.107. The Morgan fingerprint density at radius 2 is 2.15 bits per heavy atom. The van der Waals surface area contributed by atoms with Crippen LogP contribution >= 0.6 is 11.5 Å². The third kappa shape index (κ3) is 2.65. The molecule has 3 rings (SSSR count). The molecule has 5 nitrogen and oxygen atoms in total. The first-order valence-electron chi connectivity index (χ1n) is 6.67. The van der Waals surface area contributed by atoms with Gasteiger partial charge in [-0.15, -0.1) is 0 Å². The van der Waals surface area contributed by atoms with Crippen molar-refractivity contribution in [1.82, 2.24) is 9.36 Å². The lowest BCUT2D eigenvalue weighted by Crippen LogP contribution is -2.47. The zero-order valence-electron chi connectivity index (χ0n) is 11.2. The largest absolute Gasteiger partial charge is 0.348 e. The lowest BCUT2D eigenvalue weighted by molar-refractivity contribution is -0.120. The number of benzene rings is 1. The Labute approximate surface area is 121 Å². The molecule has 1 saturated heterocycles. The van der Waals surface area contributed by atoms with Gasteiger partial charge in [-0.1, -0.05) is 18.2 Å². The monoisotopic (exact) mass is 288 g/mol. The van der Waals surface area contributed by atoms with E-state index >= 15 is 0 Å². The van der Waals surface area contributed by atoms with Crippen LogP contribution in [-0.2, 0) is 4.79 Å². The van der Waals surface area contributed by atoms with Gasteiger partial charge >= 0.3 is 0 Å². The van der Waals surface area contributed by atoms with E-state index in [1.807, 2.05) is 42.2 Å². The second kappa shape index (κ2) is 5.58. The summed E-state index contributed by atoms with van der Waals surface area (Å²) in [4.78, 5) is 18.7. The van der Waals surface area contributed by atoms with E-state index in [1.54, 1.807) is 0 Å². The van der Waals surface area contributed by atoms with Crippen molar-refractivity contribution in [3.63, 3.8) is 0 Å². The number of nitrogens with zero attached hydrogens (tertiary/aromatic N) is 3. The molecule has 0 bridgehead atoms. The van der Waals surface area contributed by atoms with Crippen LogP contribution in [0.4, 0.5) is 10.8 Å². The predicted molar refractivity (Wildman–Crippen MR) is 80.1 cm³/mol. The lowest BCUT2D eigenvalue weighted by Gasteiger charge is -2.32. The molecular weight excluding hydrogens is 272 g/mol. The van der Waals surface area contributed by atoms with Crippen molar-refractivity contribution in [3.8, 4) is 0 Å². The Morgan fingerprint density at radius 3 is 2.85 bits per heavy atom. The summed E-state index contributed by atoms with van der Waals surface area (Å²) >= 11 is 1.30. The summed E-state index contributed by atoms with van der Waals surface area (Å²) in [5.74, 6) is 0.843. The first kappa shape index (κ1) is 13.1. The van der Waals surface area contributed by atoms with E-state index in [4.69, 9.17) is 0 Å². The number of carbonyl (C=O) groups is 1. The molecule has 2 aromatic rings. The number of aromatic nitrogens is 2. The van der Waals surface area contributed by atoms with Crippen LogP contribution in [0.1, 0.15) is 18.7 Å². The first-order chi connectivity index (χ1) is 9.74. The molecule has 0 spiro atoms. The van der Waals surface area contributed by atoms with Crippen molar-refractivity contribution in [2.75, 3.05) is 16.8 Å². The van der Waals surface area contributed by atoms with Gasteiger partial charge in [0.25, 0.3) is 0 Å². The van der Waals surface area contributed by atoms with E-state index in [1.165, 1.54) is 11.5 Å². The molecule has 1 fully saturated rings. The molecule has 1 aliphatic rings. The molecule has 1 atom stereocenters. The molecule has 0 aliphatic carbocycles. The van der Waals surface area contributed by atoms with Gasteiger partial charge in [-0.25, -0.2) is 4.98 Å². The Bertz CT molecular complexity index is 598. The van der Waals surface area contributed by atoms with Crippen LogP contribution in [0, 0.1) is 6.92 Å². The van der Waals surface area contributed by atoms with Gasteiger partial charge in [-0.3, -0.25) is 4.79 Å². The highest BCUT2D eigenvalue weighted by molar-refractivity contribution is 7.09. The van der Waals surface area contributed by atoms with Crippen molar-refractivity contribution in [3.05, 3.63) is 36.2 Å². The number of carbonyl (C=O) groups excluding carboxylic acids is 1. The van der Waals surface area contributed by atoms with Crippen molar-refractivity contribution in [2.24, 2.45) is 0 Å². The van der Waals surface area contributed by atoms with E-state index in [0.29, 0.717) is 0 Å². The van der Waals surface area contributed by atoms with E-state index < -0.39 is 0 Å². The van der Waals surface area contributed by atoms with Crippen LogP contribution in [0.2, 0.25) is 0 Å². The summed E-state index contributed by atoms with van der Waals surface area (Å²) in [6.07, 6.45) is 1.82. The molecule has 2 heterocycles. The second-order valence-electron chi connectivity index (χ2n) is 4.81. The molecule has 104 valence electrons. The van der Waals surface area contributed by atoms with Crippen molar-refractivity contribution in [2.45, 2.75) is 25.8 Å².